The zero-order valence-corrected chi connectivity index (χ0v) is 13.2. The van der Waals surface area contributed by atoms with E-state index in [0.717, 1.165) is 5.39 Å². The highest BCUT2D eigenvalue weighted by Crippen LogP contribution is 2.33. The molecule has 0 amide bonds. The van der Waals surface area contributed by atoms with Crippen molar-refractivity contribution in [2.45, 2.75) is 13.8 Å². The number of nitrogens with zero attached hydrogens (tertiary/aromatic N) is 1. The fraction of sp³-hybridized carbons (Fsp3) is 0.333. The molecule has 0 fully saturated rings. The Labute approximate surface area is 128 Å². The second-order valence-corrected chi connectivity index (χ2v) is 5.02. The van der Waals surface area contributed by atoms with E-state index >= 15 is 0 Å². The Bertz CT molecular complexity index is 690. The van der Waals surface area contributed by atoms with Crippen molar-refractivity contribution in [1.29, 1.82) is 0 Å². The van der Waals surface area contributed by atoms with Crippen molar-refractivity contribution >= 4 is 34.3 Å². The second-order valence-electron chi connectivity index (χ2n) is 4.67. The molecule has 1 aromatic carbocycles. The highest BCUT2D eigenvalue weighted by molar-refractivity contribution is 7.80. The molecule has 1 heterocycles. The van der Waals surface area contributed by atoms with E-state index in [9.17, 15) is 4.79 Å². The normalized spacial score (nSPS) is 10.5. The summed E-state index contributed by atoms with van der Waals surface area (Å²) in [5.74, 6) is 0.272. The molecular formula is C15H17NO4S. The minimum absolute atomic E-state index is 0.193. The van der Waals surface area contributed by atoms with Gasteiger partial charge in [0.05, 0.1) is 12.0 Å². The predicted octanol–water partition coefficient (Wildman–Crippen LogP) is 3.14. The van der Waals surface area contributed by atoms with Gasteiger partial charge in [-0.15, -0.1) is 0 Å². The van der Waals surface area contributed by atoms with Crippen LogP contribution in [0.15, 0.2) is 22.6 Å². The Morgan fingerprint density at radius 3 is 2.71 bits per heavy atom. The molecule has 112 valence electrons. The fourth-order valence-corrected chi connectivity index (χ4v) is 2.02. The van der Waals surface area contributed by atoms with Crippen molar-refractivity contribution in [1.82, 2.24) is 4.90 Å². The first kappa shape index (κ1) is 15.3. The molecule has 2 rings (SSSR count). The van der Waals surface area contributed by atoms with Gasteiger partial charge < -0.3 is 18.8 Å². The van der Waals surface area contributed by atoms with Crippen molar-refractivity contribution in [3.05, 3.63) is 29.5 Å². The van der Waals surface area contributed by atoms with Gasteiger partial charge in [-0.05, 0) is 38.2 Å². The summed E-state index contributed by atoms with van der Waals surface area (Å²) >= 11 is 5.15. The maximum atomic E-state index is 11.9. The van der Waals surface area contributed by atoms with Gasteiger partial charge in [0.15, 0.2) is 0 Å². The molecule has 0 saturated heterocycles. The average Bonchev–Trinajstić information content (AvgIpc) is 2.77. The maximum absolute atomic E-state index is 11.9. The van der Waals surface area contributed by atoms with Gasteiger partial charge in [0.1, 0.15) is 11.3 Å². The lowest BCUT2D eigenvalue weighted by molar-refractivity contribution is 0.0491. The summed E-state index contributed by atoms with van der Waals surface area (Å²) in [6.07, 6.45) is 0. The van der Waals surface area contributed by atoms with Crippen LogP contribution in [0, 0.1) is 6.92 Å². The molecule has 0 N–H and O–H groups in total. The van der Waals surface area contributed by atoms with E-state index in [2.05, 4.69) is 0 Å². The molecule has 2 aromatic rings. The summed E-state index contributed by atoms with van der Waals surface area (Å²) in [5, 5.41) is 1.06. The zero-order valence-electron chi connectivity index (χ0n) is 12.4. The zero-order chi connectivity index (χ0) is 15.6. The number of esters is 1. The number of rotatable bonds is 3. The molecule has 0 aliphatic heterocycles. The second kappa shape index (κ2) is 6.13. The van der Waals surface area contributed by atoms with Crippen LogP contribution in [0.5, 0.6) is 5.75 Å². The van der Waals surface area contributed by atoms with E-state index in [-0.39, 0.29) is 5.76 Å². The number of furan rings is 1. The molecule has 1 aromatic heterocycles. The minimum Gasteiger partial charge on any atom is -0.460 e. The standard InChI is InChI=1S/C15H17NO4S/c1-5-18-14(17)13-9(2)12-10(19-13)7-6-8-11(12)20-15(21)16(3)4/h6-8H,5H2,1-4H3. The summed E-state index contributed by atoms with van der Waals surface area (Å²) in [6.45, 7) is 3.84. The number of benzene rings is 1. The summed E-state index contributed by atoms with van der Waals surface area (Å²) in [6, 6.07) is 5.35. The van der Waals surface area contributed by atoms with Gasteiger partial charge in [0.2, 0.25) is 5.76 Å². The monoisotopic (exact) mass is 307 g/mol. The van der Waals surface area contributed by atoms with Crippen LogP contribution in [0.4, 0.5) is 0 Å². The lowest BCUT2D eigenvalue weighted by Crippen LogP contribution is -2.25. The Morgan fingerprint density at radius 1 is 1.38 bits per heavy atom. The third kappa shape index (κ3) is 3.00. The fourth-order valence-electron chi connectivity index (χ4n) is 1.93. The number of thiocarbonyl (C=S) groups is 1. The van der Waals surface area contributed by atoms with Crippen molar-refractivity contribution < 1.29 is 18.7 Å². The first-order valence-corrected chi connectivity index (χ1v) is 6.94. The molecule has 0 saturated carbocycles. The Hall–Kier alpha value is -2.08. The molecule has 21 heavy (non-hydrogen) atoms. The molecule has 0 aliphatic carbocycles. The topological polar surface area (TPSA) is 51.9 Å². The summed E-state index contributed by atoms with van der Waals surface area (Å²) < 4.78 is 16.2. The maximum Gasteiger partial charge on any atom is 0.374 e. The first-order chi connectivity index (χ1) is 9.95. The average molecular weight is 307 g/mol. The highest BCUT2D eigenvalue weighted by atomic mass is 32.1. The molecule has 0 radical (unpaired) electrons. The van der Waals surface area contributed by atoms with Crippen LogP contribution in [-0.2, 0) is 4.74 Å². The van der Waals surface area contributed by atoms with Crippen molar-refractivity contribution in [3.63, 3.8) is 0 Å². The van der Waals surface area contributed by atoms with Gasteiger partial charge in [-0.3, -0.25) is 0 Å². The van der Waals surface area contributed by atoms with Crippen LogP contribution in [0.1, 0.15) is 23.0 Å². The molecule has 0 aliphatic rings. The molecule has 0 spiro atoms. The van der Waals surface area contributed by atoms with Gasteiger partial charge >= 0.3 is 5.97 Å². The van der Waals surface area contributed by atoms with Crippen molar-refractivity contribution in [2.24, 2.45) is 0 Å². The van der Waals surface area contributed by atoms with Gasteiger partial charge in [0.25, 0.3) is 5.17 Å². The number of fused-ring (bicyclic) bond motifs is 1. The van der Waals surface area contributed by atoms with Gasteiger partial charge in [-0.2, -0.15) is 0 Å². The number of carbonyl (C=O) groups is 1. The van der Waals surface area contributed by atoms with Crippen molar-refractivity contribution in [3.8, 4) is 5.75 Å². The molecule has 6 heteroatoms. The number of aryl methyl sites for hydroxylation is 1. The summed E-state index contributed by atoms with van der Waals surface area (Å²) in [7, 11) is 3.60. The van der Waals surface area contributed by atoms with E-state index in [1.807, 2.05) is 0 Å². The first-order valence-electron chi connectivity index (χ1n) is 6.54. The lowest BCUT2D eigenvalue weighted by Gasteiger charge is -2.14. The Kier molecular flexibility index (Phi) is 4.47. The number of hydrogen-bond donors (Lipinski definition) is 0. The predicted molar refractivity (Wildman–Crippen MR) is 83.8 cm³/mol. The van der Waals surface area contributed by atoms with E-state index in [1.165, 1.54) is 0 Å². The van der Waals surface area contributed by atoms with Crippen LogP contribution in [0.25, 0.3) is 11.0 Å². The quantitative estimate of drug-likeness (QED) is 0.641. The Morgan fingerprint density at radius 2 is 2.10 bits per heavy atom. The molecule has 5 nitrogen and oxygen atoms in total. The summed E-state index contributed by atoms with van der Waals surface area (Å²) in [5.41, 5.74) is 1.25. The molecule has 0 unspecified atom stereocenters. The molecule has 0 bridgehead atoms. The van der Waals surface area contributed by atoms with Crippen LogP contribution in [0.2, 0.25) is 0 Å². The summed E-state index contributed by atoms with van der Waals surface area (Å²) in [4.78, 5) is 13.6. The third-order valence-corrected chi connectivity index (χ3v) is 3.39. The molecule has 0 atom stereocenters. The smallest absolute Gasteiger partial charge is 0.374 e. The Balaban J connectivity index is 2.49. The largest absolute Gasteiger partial charge is 0.460 e. The number of carbonyl (C=O) groups excluding carboxylic acids is 1. The number of hydrogen-bond acceptors (Lipinski definition) is 5. The van der Waals surface area contributed by atoms with Crippen LogP contribution in [-0.4, -0.2) is 36.7 Å². The lowest BCUT2D eigenvalue weighted by atomic mass is 10.1. The highest BCUT2D eigenvalue weighted by Gasteiger charge is 2.21. The van der Waals surface area contributed by atoms with Gasteiger partial charge in [0, 0.05) is 19.7 Å². The molecular weight excluding hydrogens is 290 g/mol. The van der Waals surface area contributed by atoms with Crippen LogP contribution >= 0.6 is 12.2 Å². The van der Waals surface area contributed by atoms with E-state index < -0.39 is 5.97 Å². The van der Waals surface area contributed by atoms with E-state index in [0.29, 0.717) is 28.7 Å². The third-order valence-electron chi connectivity index (χ3n) is 2.94. The number of ether oxygens (including phenoxy) is 2. The van der Waals surface area contributed by atoms with Crippen LogP contribution in [0.3, 0.4) is 0 Å². The minimum atomic E-state index is -0.479. The van der Waals surface area contributed by atoms with Crippen LogP contribution < -0.4 is 4.74 Å². The van der Waals surface area contributed by atoms with Gasteiger partial charge in [-0.1, -0.05) is 6.07 Å². The van der Waals surface area contributed by atoms with Crippen molar-refractivity contribution in [2.75, 3.05) is 20.7 Å². The SMILES string of the molecule is CCOC(=O)c1oc2cccc(OC(=S)N(C)C)c2c1C. The van der Waals surface area contributed by atoms with E-state index in [4.69, 9.17) is 26.1 Å². The van der Waals surface area contributed by atoms with Gasteiger partial charge in [-0.25, -0.2) is 4.79 Å². The van der Waals surface area contributed by atoms with E-state index in [1.54, 1.807) is 51.0 Å².